The highest BCUT2D eigenvalue weighted by molar-refractivity contribution is 6.40. The molecule has 94 valence electrons. The van der Waals surface area contributed by atoms with Crippen LogP contribution in [0, 0.1) is 0 Å². The van der Waals surface area contributed by atoms with Crippen molar-refractivity contribution in [1.82, 2.24) is 4.57 Å². The van der Waals surface area contributed by atoms with Gasteiger partial charge in [-0.3, -0.25) is 14.2 Å². The fourth-order valence-corrected chi connectivity index (χ4v) is 1.68. The van der Waals surface area contributed by atoms with Gasteiger partial charge >= 0.3 is 5.76 Å². The molecule has 6 heteroatoms. The quantitative estimate of drug-likeness (QED) is 0.733. The molecule has 0 bridgehead atoms. The molecule has 0 atom stereocenters. The minimum Gasteiger partial charge on any atom is -0.408 e. The highest BCUT2D eigenvalue weighted by Crippen LogP contribution is 2.20. The molecule has 0 N–H and O–H groups in total. The summed E-state index contributed by atoms with van der Waals surface area (Å²) >= 11 is 0. The zero-order valence-electron chi connectivity index (χ0n) is 10.3. The average Bonchev–Trinajstić information content (AvgIpc) is 2.62. The van der Waals surface area contributed by atoms with Crippen LogP contribution in [0.15, 0.2) is 27.4 Å². The lowest BCUT2D eigenvalue weighted by molar-refractivity contribution is -0.134. The van der Waals surface area contributed by atoms with Gasteiger partial charge in [-0.1, -0.05) is 0 Å². The maximum absolute atomic E-state index is 11.5. The van der Waals surface area contributed by atoms with Crippen LogP contribution in [0.1, 0.15) is 6.92 Å². The minimum atomic E-state index is -0.618. The molecule has 0 radical (unpaired) electrons. The number of oxazole rings is 1. The van der Waals surface area contributed by atoms with Gasteiger partial charge in [-0.15, -0.1) is 0 Å². The standard InChI is InChI=1S/C12H12N2O4/c1-7(15)11(16)13(2)8-4-5-9-10(6-8)18-12(17)14(9)3/h4-6H,1-3H3. The summed E-state index contributed by atoms with van der Waals surface area (Å²) < 4.78 is 6.38. The summed E-state index contributed by atoms with van der Waals surface area (Å²) in [6, 6.07) is 4.87. The van der Waals surface area contributed by atoms with E-state index in [0.29, 0.717) is 16.8 Å². The Kier molecular flexibility index (Phi) is 2.78. The number of carbonyl (C=O) groups is 2. The molecule has 0 saturated carbocycles. The summed E-state index contributed by atoms with van der Waals surface area (Å²) in [5, 5.41) is 0. The van der Waals surface area contributed by atoms with Crippen molar-refractivity contribution in [1.29, 1.82) is 0 Å². The summed E-state index contributed by atoms with van der Waals surface area (Å²) in [7, 11) is 3.09. The first kappa shape index (κ1) is 12.1. The Bertz CT molecular complexity index is 696. The Morgan fingerprint density at radius 2 is 2.00 bits per heavy atom. The summed E-state index contributed by atoms with van der Waals surface area (Å²) in [6.07, 6.45) is 0. The lowest BCUT2D eigenvalue weighted by Crippen LogP contribution is -2.31. The van der Waals surface area contributed by atoms with Gasteiger partial charge < -0.3 is 9.32 Å². The van der Waals surface area contributed by atoms with Crippen LogP contribution >= 0.6 is 0 Å². The summed E-state index contributed by atoms with van der Waals surface area (Å²) in [4.78, 5) is 35.1. The third-order valence-corrected chi connectivity index (χ3v) is 2.77. The molecule has 1 heterocycles. The van der Waals surface area contributed by atoms with Crippen molar-refractivity contribution >= 4 is 28.5 Å². The number of carbonyl (C=O) groups excluding carboxylic acids is 2. The smallest absolute Gasteiger partial charge is 0.408 e. The van der Waals surface area contributed by atoms with Gasteiger partial charge in [0.25, 0.3) is 5.91 Å². The molecule has 0 aliphatic heterocycles. The first-order chi connectivity index (χ1) is 8.41. The second-order valence-corrected chi connectivity index (χ2v) is 4.00. The van der Waals surface area contributed by atoms with Gasteiger partial charge in [-0.05, 0) is 12.1 Å². The molecule has 0 spiro atoms. The maximum Gasteiger partial charge on any atom is 0.419 e. The van der Waals surface area contributed by atoms with E-state index in [9.17, 15) is 14.4 Å². The zero-order chi connectivity index (χ0) is 13.4. The van der Waals surface area contributed by atoms with Gasteiger partial charge in [0.2, 0.25) is 5.78 Å². The topological polar surface area (TPSA) is 72.5 Å². The zero-order valence-corrected chi connectivity index (χ0v) is 10.3. The minimum absolute atomic E-state index is 0.378. The van der Waals surface area contributed by atoms with Gasteiger partial charge in [0.15, 0.2) is 5.58 Å². The molecule has 0 saturated heterocycles. The fourth-order valence-electron chi connectivity index (χ4n) is 1.68. The monoisotopic (exact) mass is 248 g/mol. The number of amides is 1. The van der Waals surface area contributed by atoms with Gasteiger partial charge in [0.1, 0.15) is 0 Å². The van der Waals surface area contributed by atoms with Crippen molar-refractivity contribution in [3.63, 3.8) is 0 Å². The first-order valence-corrected chi connectivity index (χ1v) is 5.30. The van der Waals surface area contributed by atoms with Gasteiger partial charge in [-0.25, -0.2) is 4.79 Å². The van der Waals surface area contributed by atoms with Gasteiger partial charge in [-0.2, -0.15) is 0 Å². The van der Waals surface area contributed by atoms with Crippen molar-refractivity contribution in [3.05, 3.63) is 28.7 Å². The van der Waals surface area contributed by atoms with Crippen LogP contribution < -0.4 is 10.7 Å². The number of hydrogen-bond donors (Lipinski definition) is 0. The number of rotatable bonds is 2. The van der Waals surface area contributed by atoms with E-state index in [-0.39, 0.29) is 0 Å². The molecular weight excluding hydrogens is 236 g/mol. The van der Waals surface area contributed by atoms with E-state index in [1.807, 2.05) is 0 Å². The van der Waals surface area contributed by atoms with E-state index in [1.165, 1.54) is 23.4 Å². The van der Waals surface area contributed by atoms with E-state index in [4.69, 9.17) is 4.42 Å². The highest BCUT2D eigenvalue weighted by atomic mass is 16.4. The number of benzene rings is 1. The molecule has 0 aliphatic carbocycles. The number of aryl methyl sites for hydroxylation is 1. The normalized spacial score (nSPS) is 10.6. The van der Waals surface area contributed by atoms with Crippen LogP contribution in [0.5, 0.6) is 0 Å². The number of ketones is 1. The molecule has 6 nitrogen and oxygen atoms in total. The predicted octanol–water partition coefficient (Wildman–Crippen LogP) is 0.683. The van der Waals surface area contributed by atoms with Crippen LogP contribution in [0.3, 0.4) is 0 Å². The van der Waals surface area contributed by atoms with E-state index in [0.717, 1.165) is 0 Å². The molecule has 2 aromatic rings. The van der Waals surface area contributed by atoms with Crippen LogP contribution in [0.4, 0.5) is 5.69 Å². The molecule has 0 unspecified atom stereocenters. The van der Waals surface area contributed by atoms with Gasteiger partial charge in [0, 0.05) is 32.8 Å². The fraction of sp³-hybridized carbons (Fsp3) is 0.250. The Hall–Kier alpha value is -2.37. The predicted molar refractivity (Wildman–Crippen MR) is 65.5 cm³/mol. The third kappa shape index (κ3) is 1.81. The summed E-state index contributed by atoms with van der Waals surface area (Å²) in [5.41, 5.74) is 1.51. The summed E-state index contributed by atoms with van der Waals surface area (Å²) in [6.45, 7) is 1.21. The van der Waals surface area contributed by atoms with E-state index < -0.39 is 17.4 Å². The van der Waals surface area contributed by atoms with Crippen molar-refractivity contribution in [2.24, 2.45) is 7.05 Å². The number of likely N-dealkylation sites (N-methyl/N-ethyl adjacent to an activating group) is 1. The van der Waals surface area contributed by atoms with Crippen molar-refractivity contribution in [2.45, 2.75) is 6.92 Å². The second-order valence-electron chi connectivity index (χ2n) is 4.00. The van der Waals surface area contributed by atoms with Crippen LogP contribution in [0.2, 0.25) is 0 Å². The Labute approximate surface area is 102 Å². The number of anilines is 1. The second kappa shape index (κ2) is 4.14. The number of Topliss-reactive ketones (excluding diaryl/α,β-unsaturated/α-hetero) is 1. The molecule has 0 aliphatic rings. The third-order valence-electron chi connectivity index (χ3n) is 2.77. The molecule has 2 rings (SSSR count). The van der Waals surface area contributed by atoms with Crippen molar-refractivity contribution in [3.8, 4) is 0 Å². The number of nitrogens with zero attached hydrogens (tertiary/aromatic N) is 2. The van der Waals surface area contributed by atoms with Gasteiger partial charge in [0.05, 0.1) is 5.52 Å². The highest BCUT2D eigenvalue weighted by Gasteiger charge is 2.16. The van der Waals surface area contributed by atoms with E-state index >= 15 is 0 Å². The Morgan fingerprint density at radius 3 is 2.61 bits per heavy atom. The number of hydrogen-bond acceptors (Lipinski definition) is 4. The first-order valence-electron chi connectivity index (χ1n) is 5.30. The molecule has 1 aromatic heterocycles. The summed E-state index contributed by atoms with van der Waals surface area (Å²) in [5.74, 6) is -1.64. The van der Waals surface area contributed by atoms with Crippen LogP contribution in [-0.4, -0.2) is 23.3 Å². The van der Waals surface area contributed by atoms with Crippen LogP contribution in [-0.2, 0) is 16.6 Å². The van der Waals surface area contributed by atoms with Crippen LogP contribution in [0.25, 0.3) is 11.1 Å². The molecular formula is C12H12N2O4. The van der Waals surface area contributed by atoms with E-state index in [1.54, 1.807) is 25.2 Å². The molecule has 1 aromatic carbocycles. The van der Waals surface area contributed by atoms with E-state index in [2.05, 4.69) is 0 Å². The number of fused-ring (bicyclic) bond motifs is 1. The largest absolute Gasteiger partial charge is 0.419 e. The Balaban J connectivity index is 2.51. The number of aromatic nitrogens is 1. The molecule has 0 fully saturated rings. The lowest BCUT2D eigenvalue weighted by Gasteiger charge is -2.15. The Morgan fingerprint density at radius 1 is 1.33 bits per heavy atom. The van der Waals surface area contributed by atoms with Crippen molar-refractivity contribution in [2.75, 3.05) is 11.9 Å². The lowest BCUT2D eigenvalue weighted by atomic mass is 10.2. The average molecular weight is 248 g/mol. The molecule has 1 amide bonds. The maximum atomic E-state index is 11.5. The van der Waals surface area contributed by atoms with Crippen molar-refractivity contribution < 1.29 is 14.0 Å². The SMILES string of the molecule is CC(=O)C(=O)N(C)c1ccc2c(c1)oc(=O)n2C. The molecule has 18 heavy (non-hydrogen) atoms.